The summed E-state index contributed by atoms with van der Waals surface area (Å²) in [6, 6.07) is 10.0. The number of halogens is 1. The van der Waals surface area contributed by atoms with Crippen LogP contribution in [0.3, 0.4) is 0 Å². The molecule has 2 aromatic rings. The van der Waals surface area contributed by atoms with Gasteiger partial charge in [-0.1, -0.05) is 23.4 Å². The zero-order valence-corrected chi connectivity index (χ0v) is 10.6. The van der Waals surface area contributed by atoms with Gasteiger partial charge in [-0.05, 0) is 18.2 Å². The van der Waals surface area contributed by atoms with Crippen molar-refractivity contribution >= 4 is 23.5 Å². The van der Waals surface area contributed by atoms with E-state index in [-0.39, 0.29) is 5.82 Å². The minimum absolute atomic E-state index is 0.282. The summed E-state index contributed by atoms with van der Waals surface area (Å²) in [5.41, 5.74) is 0.526. The Labute approximate surface area is 112 Å². The molecule has 0 saturated heterocycles. The summed E-state index contributed by atoms with van der Waals surface area (Å²) in [5, 5.41) is 11.9. The number of carboxylic acid groups (broad SMARTS) is 1. The molecule has 0 unspecified atom stereocenters. The van der Waals surface area contributed by atoms with Crippen LogP contribution in [0.5, 0.6) is 0 Å². The van der Waals surface area contributed by atoms with Gasteiger partial charge in [0.1, 0.15) is 5.82 Å². The predicted molar refractivity (Wildman–Crippen MR) is 70.9 cm³/mol. The molecule has 4 nitrogen and oxygen atoms in total. The molecule has 1 heterocycles. The van der Waals surface area contributed by atoms with E-state index in [9.17, 15) is 9.18 Å². The average molecular weight is 279 g/mol. The SMILES string of the molecule is O=C(O)CON=Cc1ccc(-c2ccccc2F)s1. The molecule has 1 aromatic carbocycles. The Balaban J connectivity index is 2.07. The summed E-state index contributed by atoms with van der Waals surface area (Å²) in [4.78, 5) is 16.3. The van der Waals surface area contributed by atoms with E-state index >= 15 is 0 Å². The van der Waals surface area contributed by atoms with Crippen molar-refractivity contribution < 1.29 is 19.1 Å². The number of hydrogen-bond acceptors (Lipinski definition) is 4. The third-order valence-corrected chi connectivity index (χ3v) is 3.26. The first kappa shape index (κ1) is 13.2. The molecule has 0 spiro atoms. The van der Waals surface area contributed by atoms with E-state index in [0.29, 0.717) is 5.56 Å². The van der Waals surface area contributed by atoms with E-state index in [0.717, 1.165) is 9.75 Å². The zero-order chi connectivity index (χ0) is 13.7. The van der Waals surface area contributed by atoms with Crippen LogP contribution >= 0.6 is 11.3 Å². The Morgan fingerprint density at radius 1 is 1.37 bits per heavy atom. The highest BCUT2D eigenvalue weighted by Gasteiger charge is 2.06. The minimum Gasteiger partial charge on any atom is -0.479 e. The lowest BCUT2D eigenvalue weighted by molar-refractivity contribution is -0.142. The Morgan fingerprint density at radius 3 is 2.89 bits per heavy atom. The van der Waals surface area contributed by atoms with Gasteiger partial charge in [0.2, 0.25) is 6.61 Å². The van der Waals surface area contributed by atoms with Gasteiger partial charge < -0.3 is 9.94 Å². The van der Waals surface area contributed by atoms with E-state index < -0.39 is 12.6 Å². The highest BCUT2D eigenvalue weighted by molar-refractivity contribution is 7.17. The van der Waals surface area contributed by atoms with Gasteiger partial charge in [-0.25, -0.2) is 9.18 Å². The van der Waals surface area contributed by atoms with Crippen molar-refractivity contribution in [1.82, 2.24) is 0 Å². The number of hydrogen-bond donors (Lipinski definition) is 1. The molecular weight excluding hydrogens is 269 g/mol. The molecule has 98 valence electrons. The molecule has 0 aliphatic rings. The molecule has 0 saturated carbocycles. The Bertz CT molecular complexity index is 609. The first-order valence-corrected chi connectivity index (χ1v) is 6.20. The summed E-state index contributed by atoms with van der Waals surface area (Å²) in [5.74, 6) is -1.37. The van der Waals surface area contributed by atoms with Gasteiger partial charge in [0, 0.05) is 15.3 Å². The van der Waals surface area contributed by atoms with Gasteiger partial charge in [0.25, 0.3) is 0 Å². The van der Waals surface area contributed by atoms with Crippen molar-refractivity contribution in [1.29, 1.82) is 0 Å². The van der Waals surface area contributed by atoms with Crippen LogP contribution in [-0.4, -0.2) is 23.9 Å². The van der Waals surface area contributed by atoms with Crippen LogP contribution in [-0.2, 0) is 9.63 Å². The number of aliphatic carboxylic acids is 1. The third kappa shape index (κ3) is 3.62. The van der Waals surface area contributed by atoms with Crippen LogP contribution in [0.25, 0.3) is 10.4 Å². The van der Waals surface area contributed by atoms with Crippen molar-refractivity contribution in [3.63, 3.8) is 0 Å². The molecule has 0 fully saturated rings. The first-order valence-electron chi connectivity index (χ1n) is 5.38. The monoisotopic (exact) mass is 279 g/mol. The number of nitrogens with zero attached hydrogens (tertiary/aromatic N) is 1. The van der Waals surface area contributed by atoms with Crippen molar-refractivity contribution in [2.75, 3.05) is 6.61 Å². The topological polar surface area (TPSA) is 58.9 Å². The largest absolute Gasteiger partial charge is 0.479 e. The van der Waals surface area contributed by atoms with Crippen LogP contribution in [0, 0.1) is 5.82 Å². The molecule has 0 radical (unpaired) electrons. The van der Waals surface area contributed by atoms with Crippen molar-refractivity contribution in [2.24, 2.45) is 5.16 Å². The number of rotatable bonds is 5. The van der Waals surface area contributed by atoms with E-state index in [2.05, 4.69) is 9.99 Å². The number of carbonyl (C=O) groups is 1. The minimum atomic E-state index is -1.09. The van der Waals surface area contributed by atoms with Crippen LogP contribution in [0.1, 0.15) is 4.88 Å². The fourth-order valence-electron chi connectivity index (χ4n) is 1.41. The van der Waals surface area contributed by atoms with Crippen LogP contribution in [0.15, 0.2) is 41.6 Å². The Hall–Kier alpha value is -2.21. The van der Waals surface area contributed by atoms with E-state index in [1.807, 2.05) is 0 Å². The number of benzene rings is 1. The fourth-order valence-corrected chi connectivity index (χ4v) is 2.31. The van der Waals surface area contributed by atoms with Gasteiger partial charge in [-0.15, -0.1) is 11.3 Å². The zero-order valence-electron chi connectivity index (χ0n) is 9.75. The molecule has 6 heteroatoms. The second-order valence-electron chi connectivity index (χ2n) is 3.58. The van der Waals surface area contributed by atoms with Gasteiger partial charge >= 0.3 is 5.97 Å². The molecule has 1 N–H and O–H groups in total. The summed E-state index contributed by atoms with van der Waals surface area (Å²) in [6.45, 7) is -0.484. The molecule has 0 aliphatic carbocycles. The molecule has 19 heavy (non-hydrogen) atoms. The molecule has 0 aliphatic heterocycles. The summed E-state index contributed by atoms with van der Waals surface area (Å²) in [7, 11) is 0. The second-order valence-corrected chi connectivity index (χ2v) is 4.70. The molecule has 0 bridgehead atoms. The van der Waals surface area contributed by atoms with E-state index in [1.165, 1.54) is 23.6 Å². The average Bonchev–Trinajstić information content (AvgIpc) is 2.83. The molecular formula is C13H10FNO3S. The summed E-state index contributed by atoms with van der Waals surface area (Å²) in [6.07, 6.45) is 1.40. The smallest absolute Gasteiger partial charge is 0.344 e. The van der Waals surface area contributed by atoms with Crippen molar-refractivity contribution in [3.05, 3.63) is 47.1 Å². The Morgan fingerprint density at radius 2 is 2.16 bits per heavy atom. The van der Waals surface area contributed by atoms with Gasteiger partial charge in [-0.3, -0.25) is 0 Å². The summed E-state index contributed by atoms with van der Waals surface area (Å²) >= 11 is 1.34. The number of thiophene rings is 1. The second kappa shape index (κ2) is 6.10. The van der Waals surface area contributed by atoms with Gasteiger partial charge in [0.15, 0.2) is 0 Å². The molecule has 2 rings (SSSR count). The maximum atomic E-state index is 13.6. The molecule has 0 amide bonds. The standard InChI is InChI=1S/C13H10FNO3S/c14-11-4-2-1-3-10(11)12-6-5-9(19-12)7-15-18-8-13(16)17/h1-7H,8H2,(H,16,17). The predicted octanol–water partition coefficient (Wildman–Crippen LogP) is 2.99. The van der Waals surface area contributed by atoms with Crippen LogP contribution in [0.2, 0.25) is 0 Å². The molecule has 0 atom stereocenters. The highest BCUT2D eigenvalue weighted by atomic mass is 32.1. The summed E-state index contributed by atoms with van der Waals surface area (Å²) < 4.78 is 13.6. The highest BCUT2D eigenvalue weighted by Crippen LogP contribution is 2.29. The van der Waals surface area contributed by atoms with E-state index in [4.69, 9.17) is 5.11 Å². The number of oxime groups is 1. The fraction of sp³-hybridized carbons (Fsp3) is 0.0769. The number of carboxylic acids is 1. The van der Waals surface area contributed by atoms with Crippen molar-refractivity contribution in [2.45, 2.75) is 0 Å². The Kier molecular flexibility index (Phi) is 4.25. The first-order chi connectivity index (χ1) is 9.16. The van der Waals surface area contributed by atoms with Crippen LogP contribution < -0.4 is 0 Å². The maximum absolute atomic E-state index is 13.6. The quantitative estimate of drug-likeness (QED) is 0.676. The van der Waals surface area contributed by atoms with Crippen molar-refractivity contribution in [3.8, 4) is 10.4 Å². The lowest BCUT2D eigenvalue weighted by Crippen LogP contribution is -2.03. The van der Waals surface area contributed by atoms with Gasteiger partial charge in [-0.2, -0.15) is 0 Å². The maximum Gasteiger partial charge on any atom is 0.344 e. The lowest BCUT2D eigenvalue weighted by atomic mass is 10.2. The van der Waals surface area contributed by atoms with E-state index in [1.54, 1.807) is 30.3 Å². The molecule has 1 aromatic heterocycles. The van der Waals surface area contributed by atoms with Crippen LogP contribution in [0.4, 0.5) is 4.39 Å². The van der Waals surface area contributed by atoms with Gasteiger partial charge in [0.05, 0.1) is 6.21 Å². The lowest BCUT2D eigenvalue weighted by Gasteiger charge is -1.97. The normalized spacial score (nSPS) is 10.8. The third-order valence-electron chi connectivity index (χ3n) is 2.21.